The van der Waals surface area contributed by atoms with Gasteiger partial charge in [0.1, 0.15) is 0 Å². The minimum absolute atomic E-state index is 0. The molecule has 0 bridgehead atoms. The third-order valence-electron chi connectivity index (χ3n) is 4.32. The Kier molecular flexibility index (Phi) is 24.4. The molecule has 0 fully saturated rings. The maximum Gasteiger partial charge on any atom is 1.00 e. The van der Waals surface area contributed by atoms with Crippen LogP contribution < -0.4 is 40.0 Å². The van der Waals surface area contributed by atoms with Crippen molar-refractivity contribution in [2.45, 2.75) is 103 Å². The van der Waals surface area contributed by atoms with Crippen molar-refractivity contribution in [2.24, 2.45) is 0 Å². The molecule has 0 unspecified atom stereocenters. The number of carbonyl (C=O) groups excluding carboxylic acids is 2. The summed E-state index contributed by atoms with van der Waals surface area (Å²) in [5, 5.41) is 12.8. The van der Waals surface area contributed by atoms with Gasteiger partial charge < -0.3 is 15.2 Å². The van der Waals surface area contributed by atoms with Crippen molar-refractivity contribution in [3.63, 3.8) is 0 Å². The SMILES string of the molecule is CCCCCCCC/C=C\CCCCCCCC(=O)NCCC(=O)[O-].[Na+]. The zero-order valence-electron chi connectivity index (χ0n) is 17.2. The number of hydrogen-bond acceptors (Lipinski definition) is 3. The van der Waals surface area contributed by atoms with Gasteiger partial charge in [-0.1, -0.05) is 70.4 Å². The van der Waals surface area contributed by atoms with Crippen LogP contribution in [0.3, 0.4) is 0 Å². The number of allylic oxidation sites excluding steroid dienone is 2. The van der Waals surface area contributed by atoms with Crippen molar-refractivity contribution in [2.75, 3.05) is 6.54 Å². The van der Waals surface area contributed by atoms with Crippen molar-refractivity contribution in [3.8, 4) is 0 Å². The first-order chi connectivity index (χ1) is 12.2. The van der Waals surface area contributed by atoms with Crippen molar-refractivity contribution >= 4 is 11.9 Å². The summed E-state index contributed by atoms with van der Waals surface area (Å²) in [5.74, 6) is -1.18. The van der Waals surface area contributed by atoms with Gasteiger partial charge in [-0.25, -0.2) is 0 Å². The van der Waals surface area contributed by atoms with Crippen LogP contribution in [0.15, 0.2) is 12.2 Å². The Labute approximate surface area is 182 Å². The van der Waals surface area contributed by atoms with E-state index in [-0.39, 0.29) is 48.4 Å². The van der Waals surface area contributed by atoms with Crippen LogP contribution in [0.4, 0.5) is 0 Å². The van der Waals surface area contributed by atoms with Gasteiger partial charge in [-0.05, 0) is 32.1 Å². The molecule has 0 aromatic carbocycles. The molecule has 0 aliphatic heterocycles. The van der Waals surface area contributed by atoms with Gasteiger partial charge in [-0.2, -0.15) is 0 Å². The molecule has 0 spiro atoms. The summed E-state index contributed by atoms with van der Waals surface area (Å²) in [7, 11) is 0. The number of carboxylic acids is 1. The fraction of sp³-hybridized carbons (Fsp3) is 0.810. The maximum absolute atomic E-state index is 11.4. The second-order valence-corrected chi connectivity index (χ2v) is 6.81. The van der Waals surface area contributed by atoms with E-state index in [1.807, 2.05) is 0 Å². The molecule has 0 atom stereocenters. The average Bonchev–Trinajstić information content (AvgIpc) is 2.58. The second-order valence-electron chi connectivity index (χ2n) is 6.81. The molecule has 146 valence electrons. The Morgan fingerprint density at radius 1 is 0.769 bits per heavy atom. The van der Waals surface area contributed by atoms with E-state index < -0.39 is 5.97 Å². The molecular formula is C21H38NNaO3. The van der Waals surface area contributed by atoms with Gasteiger partial charge in [-0.15, -0.1) is 0 Å². The molecule has 0 aliphatic rings. The van der Waals surface area contributed by atoms with Crippen LogP contribution in [0.25, 0.3) is 0 Å². The number of amides is 1. The molecule has 0 radical (unpaired) electrons. The molecule has 26 heavy (non-hydrogen) atoms. The van der Waals surface area contributed by atoms with E-state index in [4.69, 9.17) is 0 Å². The molecule has 0 rings (SSSR count). The Bertz CT molecular complexity index is 359. The Hall–Kier alpha value is -0.320. The molecule has 0 aliphatic carbocycles. The molecule has 0 saturated heterocycles. The molecular weight excluding hydrogens is 337 g/mol. The third kappa shape index (κ3) is 23.7. The van der Waals surface area contributed by atoms with Gasteiger partial charge in [0.15, 0.2) is 0 Å². The van der Waals surface area contributed by atoms with E-state index in [1.54, 1.807) is 0 Å². The molecule has 1 N–H and O–H groups in total. The number of nitrogens with one attached hydrogen (secondary N) is 1. The van der Waals surface area contributed by atoms with Crippen molar-refractivity contribution in [1.29, 1.82) is 0 Å². The maximum atomic E-state index is 11.4. The van der Waals surface area contributed by atoms with E-state index in [0.29, 0.717) is 6.42 Å². The van der Waals surface area contributed by atoms with E-state index >= 15 is 0 Å². The fourth-order valence-electron chi connectivity index (χ4n) is 2.75. The molecule has 0 aromatic heterocycles. The molecule has 4 nitrogen and oxygen atoms in total. The second kappa shape index (κ2) is 22.7. The zero-order valence-corrected chi connectivity index (χ0v) is 19.2. The van der Waals surface area contributed by atoms with Gasteiger partial charge in [0.05, 0.1) is 0 Å². The molecule has 0 saturated carbocycles. The van der Waals surface area contributed by atoms with Crippen molar-refractivity contribution in [3.05, 3.63) is 12.2 Å². The first-order valence-electron chi connectivity index (χ1n) is 10.3. The number of carbonyl (C=O) groups is 2. The van der Waals surface area contributed by atoms with Crippen LogP contribution >= 0.6 is 0 Å². The van der Waals surface area contributed by atoms with Crippen LogP contribution in [0.1, 0.15) is 103 Å². The Morgan fingerprint density at radius 2 is 1.27 bits per heavy atom. The summed E-state index contributed by atoms with van der Waals surface area (Å²) >= 11 is 0. The third-order valence-corrected chi connectivity index (χ3v) is 4.32. The number of aliphatic carboxylic acids is 1. The van der Waals surface area contributed by atoms with Crippen LogP contribution in [0, 0.1) is 0 Å². The summed E-state index contributed by atoms with van der Waals surface area (Å²) in [6.07, 6.45) is 21.1. The van der Waals surface area contributed by atoms with Crippen LogP contribution in [-0.2, 0) is 9.59 Å². The molecule has 0 heterocycles. The minimum atomic E-state index is -1.12. The monoisotopic (exact) mass is 375 g/mol. The normalized spacial score (nSPS) is 10.7. The van der Waals surface area contributed by atoms with Crippen LogP contribution in [0.5, 0.6) is 0 Å². The number of rotatable bonds is 18. The van der Waals surface area contributed by atoms with Gasteiger partial charge in [0, 0.05) is 25.4 Å². The standard InChI is InChI=1S/C21H39NO3.Na/c1-2-3-4-5-6-7-8-9-10-11-12-13-14-15-16-17-20(23)22-19-18-21(24)25;/h9-10H,2-8,11-19H2,1H3,(H,22,23)(H,24,25);/q;+1/p-1/b10-9-;. The van der Waals surface area contributed by atoms with Gasteiger partial charge >= 0.3 is 29.6 Å². The largest absolute Gasteiger partial charge is 1.00 e. The number of carboxylic acid groups (broad SMARTS) is 1. The van der Waals surface area contributed by atoms with Gasteiger partial charge in [0.25, 0.3) is 0 Å². The zero-order chi connectivity index (χ0) is 18.6. The predicted octanol–water partition coefficient (Wildman–Crippen LogP) is 1.28. The first-order valence-corrected chi connectivity index (χ1v) is 10.3. The van der Waals surface area contributed by atoms with E-state index in [9.17, 15) is 14.7 Å². The summed E-state index contributed by atoms with van der Waals surface area (Å²) in [4.78, 5) is 21.6. The Morgan fingerprint density at radius 3 is 1.81 bits per heavy atom. The summed E-state index contributed by atoms with van der Waals surface area (Å²) in [6.45, 7) is 2.43. The van der Waals surface area contributed by atoms with Gasteiger partial charge in [-0.3, -0.25) is 4.79 Å². The minimum Gasteiger partial charge on any atom is -0.550 e. The fourth-order valence-corrected chi connectivity index (χ4v) is 2.75. The molecule has 5 heteroatoms. The molecule has 0 aromatic rings. The summed E-state index contributed by atoms with van der Waals surface area (Å²) in [6, 6.07) is 0. The van der Waals surface area contributed by atoms with E-state index in [2.05, 4.69) is 24.4 Å². The molecule has 1 amide bonds. The van der Waals surface area contributed by atoms with E-state index in [0.717, 1.165) is 19.3 Å². The predicted molar refractivity (Wildman–Crippen MR) is 102 cm³/mol. The summed E-state index contributed by atoms with van der Waals surface area (Å²) in [5.41, 5.74) is 0. The smallest absolute Gasteiger partial charge is 0.550 e. The van der Waals surface area contributed by atoms with Crippen LogP contribution in [0.2, 0.25) is 0 Å². The topological polar surface area (TPSA) is 69.2 Å². The van der Waals surface area contributed by atoms with Crippen molar-refractivity contribution < 1.29 is 44.3 Å². The average molecular weight is 376 g/mol. The number of unbranched alkanes of at least 4 members (excludes halogenated alkanes) is 11. The van der Waals surface area contributed by atoms with Gasteiger partial charge in [0.2, 0.25) is 5.91 Å². The first kappa shape index (κ1) is 27.9. The van der Waals surface area contributed by atoms with E-state index in [1.165, 1.54) is 64.2 Å². The Balaban J connectivity index is 0. The van der Waals surface area contributed by atoms with Crippen LogP contribution in [-0.4, -0.2) is 18.4 Å². The number of hydrogen-bond donors (Lipinski definition) is 1. The summed E-state index contributed by atoms with van der Waals surface area (Å²) < 4.78 is 0. The quantitative estimate of drug-likeness (QED) is 0.223. The van der Waals surface area contributed by atoms with Crippen molar-refractivity contribution in [1.82, 2.24) is 5.32 Å².